The van der Waals surface area contributed by atoms with Gasteiger partial charge in [-0.3, -0.25) is 9.80 Å². The zero-order valence-corrected chi connectivity index (χ0v) is 18.3. The molecule has 1 fully saturated rings. The van der Waals surface area contributed by atoms with Crippen molar-refractivity contribution in [3.8, 4) is 0 Å². The Morgan fingerprint density at radius 1 is 1.21 bits per heavy atom. The molecule has 0 saturated carbocycles. The Balaban J connectivity index is 2.02. The molecule has 0 aromatic heterocycles. The van der Waals surface area contributed by atoms with E-state index in [4.69, 9.17) is 4.74 Å². The highest BCUT2D eigenvalue weighted by atomic mass is 32.2. The highest BCUT2D eigenvalue weighted by Crippen LogP contribution is 2.17. The average molecular weight is 408 g/mol. The van der Waals surface area contributed by atoms with Crippen molar-refractivity contribution in [1.29, 1.82) is 0 Å². The van der Waals surface area contributed by atoms with Crippen LogP contribution in [-0.4, -0.2) is 59.0 Å². The van der Waals surface area contributed by atoms with Crippen LogP contribution in [0.1, 0.15) is 46.1 Å². The summed E-state index contributed by atoms with van der Waals surface area (Å²) in [6.07, 6.45) is 1.64. The van der Waals surface area contributed by atoms with Gasteiger partial charge in [-0.1, -0.05) is 30.3 Å². The normalized spacial score (nSPS) is 15.9. The van der Waals surface area contributed by atoms with Crippen molar-refractivity contribution < 1.29 is 14.3 Å². The van der Waals surface area contributed by atoms with Crippen LogP contribution in [0.15, 0.2) is 30.3 Å². The first-order chi connectivity index (χ1) is 13.3. The molecule has 0 spiro atoms. The summed E-state index contributed by atoms with van der Waals surface area (Å²) in [6.45, 7) is 9.78. The largest absolute Gasteiger partial charge is 0.444 e. The molecular formula is C21H33N3O3S. The van der Waals surface area contributed by atoms with E-state index < -0.39 is 17.7 Å². The maximum absolute atomic E-state index is 13.2. The molecule has 1 aromatic carbocycles. The molecule has 156 valence electrons. The molecule has 2 rings (SSSR count). The monoisotopic (exact) mass is 407 g/mol. The molecule has 0 unspecified atom stereocenters. The van der Waals surface area contributed by atoms with Crippen LogP contribution < -0.4 is 5.32 Å². The minimum atomic E-state index is -0.621. The average Bonchev–Trinajstić information content (AvgIpc) is 3.15. The number of carbonyl (C=O) groups is 2. The summed E-state index contributed by atoms with van der Waals surface area (Å²) in [4.78, 5) is 25.5. The predicted molar refractivity (Wildman–Crippen MR) is 114 cm³/mol. The van der Waals surface area contributed by atoms with E-state index >= 15 is 0 Å². The number of alkyl carbamates (subject to hydrolysis) is 1. The lowest BCUT2D eigenvalue weighted by Gasteiger charge is -2.34. The highest BCUT2D eigenvalue weighted by molar-refractivity contribution is 7.98. The molecule has 1 aliphatic rings. The minimum absolute atomic E-state index is 0.0733. The third-order valence-corrected chi connectivity index (χ3v) is 5.47. The number of thioether (sulfide) groups is 1. The number of ether oxygens (including phenoxy) is 1. The van der Waals surface area contributed by atoms with Crippen LogP contribution >= 0.6 is 11.8 Å². The van der Waals surface area contributed by atoms with Gasteiger partial charge in [-0.2, -0.15) is 11.8 Å². The van der Waals surface area contributed by atoms with Crippen LogP contribution in [0.25, 0.3) is 0 Å². The zero-order valence-electron chi connectivity index (χ0n) is 17.4. The van der Waals surface area contributed by atoms with E-state index in [9.17, 15) is 9.59 Å². The molecule has 7 heteroatoms. The maximum atomic E-state index is 13.2. The fraction of sp³-hybridized carbons (Fsp3) is 0.619. The van der Waals surface area contributed by atoms with Gasteiger partial charge in [-0.25, -0.2) is 9.80 Å². The van der Waals surface area contributed by atoms with E-state index in [0.29, 0.717) is 12.3 Å². The number of hydrazine groups is 1. The van der Waals surface area contributed by atoms with Gasteiger partial charge in [-0.15, -0.1) is 0 Å². The quantitative estimate of drug-likeness (QED) is 0.712. The van der Waals surface area contributed by atoms with E-state index in [1.54, 1.807) is 16.8 Å². The summed E-state index contributed by atoms with van der Waals surface area (Å²) in [5.41, 5.74) is 0.594. The molecule has 1 saturated heterocycles. The SMILES string of the molecule is CCN(C(=O)[C@H](CSCc1ccccc1)NC(=O)OC(C)(C)C)N1CCCC1. The molecule has 28 heavy (non-hydrogen) atoms. The molecular weight excluding hydrogens is 374 g/mol. The van der Waals surface area contributed by atoms with Gasteiger partial charge < -0.3 is 10.1 Å². The number of likely N-dealkylation sites (N-methyl/N-ethyl adjacent to an activating group) is 1. The van der Waals surface area contributed by atoms with Gasteiger partial charge >= 0.3 is 6.09 Å². The summed E-state index contributed by atoms with van der Waals surface area (Å²) in [7, 11) is 0. The summed E-state index contributed by atoms with van der Waals surface area (Å²) in [5, 5.41) is 6.67. The number of nitrogens with zero attached hydrogens (tertiary/aromatic N) is 2. The van der Waals surface area contributed by atoms with Gasteiger partial charge in [0.15, 0.2) is 0 Å². The number of amides is 2. The molecule has 1 aliphatic heterocycles. The molecule has 1 aromatic rings. The third-order valence-electron chi connectivity index (χ3n) is 4.36. The van der Waals surface area contributed by atoms with E-state index in [0.717, 1.165) is 31.7 Å². The molecule has 1 N–H and O–H groups in total. The Labute approximate surface area is 172 Å². The fourth-order valence-corrected chi connectivity index (χ4v) is 4.12. The van der Waals surface area contributed by atoms with Crippen molar-refractivity contribution in [2.45, 2.75) is 57.9 Å². The summed E-state index contributed by atoms with van der Waals surface area (Å²) in [5.74, 6) is 1.21. The number of carbonyl (C=O) groups excluding carboxylic acids is 2. The first-order valence-corrected chi connectivity index (χ1v) is 11.1. The topological polar surface area (TPSA) is 61.9 Å². The molecule has 0 radical (unpaired) electrons. The van der Waals surface area contributed by atoms with Crippen LogP contribution in [-0.2, 0) is 15.3 Å². The van der Waals surface area contributed by atoms with E-state index in [-0.39, 0.29) is 5.91 Å². The maximum Gasteiger partial charge on any atom is 0.408 e. The number of rotatable bonds is 8. The smallest absolute Gasteiger partial charge is 0.408 e. The van der Waals surface area contributed by atoms with Gasteiger partial charge in [0.2, 0.25) is 0 Å². The van der Waals surface area contributed by atoms with Crippen molar-refractivity contribution in [1.82, 2.24) is 15.3 Å². The Bertz CT molecular complexity index is 628. The van der Waals surface area contributed by atoms with Gasteiger partial charge in [0.25, 0.3) is 5.91 Å². The van der Waals surface area contributed by atoms with Gasteiger partial charge in [-0.05, 0) is 46.1 Å². The lowest BCUT2D eigenvalue weighted by atomic mass is 10.2. The molecule has 2 amide bonds. The summed E-state index contributed by atoms with van der Waals surface area (Å²) < 4.78 is 5.38. The minimum Gasteiger partial charge on any atom is -0.444 e. The summed E-state index contributed by atoms with van der Waals surface area (Å²) >= 11 is 1.64. The first-order valence-electron chi connectivity index (χ1n) is 9.97. The second-order valence-electron chi connectivity index (χ2n) is 7.91. The Kier molecular flexibility index (Phi) is 8.63. The zero-order chi connectivity index (χ0) is 20.6. The van der Waals surface area contributed by atoms with Crippen molar-refractivity contribution in [2.24, 2.45) is 0 Å². The lowest BCUT2D eigenvalue weighted by molar-refractivity contribution is -0.148. The van der Waals surface area contributed by atoms with E-state index in [1.165, 1.54) is 5.56 Å². The van der Waals surface area contributed by atoms with E-state index in [1.807, 2.05) is 45.9 Å². The van der Waals surface area contributed by atoms with Crippen molar-refractivity contribution in [3.63, 3.8) is 0 Å². The number of hydrogen-bond donors (Lipinski definition) is 1. The molecule has 1 heterocycles. The van der Waals surface area contributed by atoms with Gasteiger partial charge in [0.05, 0.1) is 0 Å². The van der Waals surface area contributed by atoms with Crippen LogP contribution in [0.4, 0.5) is 4.79 Å². The molecule has 1 atom stereocenters. The molecule has 0 aliphatic carbocycles. The third kappa shape index (κ3) is 7.36. The second kappa shape index (κ2) is 10.7. The Morgan fingerprint density at radius 2 is 1.86 bits per heavy atom. The van der Waals surface area contributed by atoms with E-state index in [2.05, 4.69) is 22.5 Å². The number of benzene rings is 1. The second-order valence-corrected chi connectivity index (χ2v) is 8.94. The van der Waals surface area contributed by atoms with Crippen LogP contribution in [0.3, 0.4) is 0 Å². The summed E-state index contributed by atoms with van der Waals surface area (Å²) in [6, 6.07) is 9.50. The Morgan fingerprint density at radius 3 is 2.43 bits per heavy atom. The van der Waals surface area contributed by atoms with Crippen molar-refractivity contribution >= 4 is 23.8 Å². The number of nitrogens with one attached hydrogen (secondary N) is 1. The Hall–Kier alpha value is -1.73. The van der Waals surface area contributed by atoms with Crippen LogP contribution in [0, 0.1) is 0 Å². The fourth-order valence-electron chi connectivity index (χ4n) is 3.11. The van der Waals surface area contributed by atoms with Crippen LogP contribution in [0.2, 0.25) is 0 Å². The molecule has 6 nitrogen and oxygen atoms in total. The van der Waals surface area contributed by atoms with Crippen molar-refractivity contribution in [3.05, 3.63) is 35.9 Å². The molecule has 0 bridgehead atoms. The van der Waals surface area contributed by atoms with Crippen molar-refractivity contribution in [2.75, 3.05) is 25.4 Å². The number of hydrogen-bond acceptors (Lipinski definition) is 5. The highest BCUT2D eigenvalue weighted by Gasteiger charge is 2.31. The standard InChI is InChI=1S/C21H33N3O3S/c1-5-24(23-13-9-10-14-23)19(25)18(22-20(26)27-21(2,3)4)16-28-15-17-11-7-6-8-12-17/h6-8,11-12,18H,5,9-10,13-16H2,1-4H3,(H,22,26)/t18-/m0/s1. The first kappa shape index (κ1) is 22.6. The van der Waals surface area contributed by atoms with Gasteiger partial charge in [0, 0.05) is 31.1 Å². The lowest BCUT2D eigenvalue weighted by Crippen LogP contribution is -2.55. The van der Waals surface area contributed by atoms with Crippen LogP contribution in [0.5, 0.6) is 0 Å². The van der Waals surface area contributed by atoms with Gasteiger partial charge in [0.1, 0.15) is 11.6 Å². The predicted octanol–water partition coefficient (Wildman–Crippen LogP) is 3.67.